The van der Waals surface area contributed by atoms with Crippen LogP contribution >= 0.6 is 0 Å². The van der Waals surface area contributed by atoms with Crippen LogP contribution in [0.3, 0.4) is 0 Å². The van der Waals surface area contributed by atoms with Crippen LogP contribution in [0.4, 0.5) is 0 Å². The summed E-state index contributed by atoms with van der Waals surface area (Å²) in [7, 11) is 3.66. The highest BCUT2D eigenvalue weighted by atomic mass is 16.7. The van der Waals surface area contributed by atoms with Gasteiger partial charge in [0.15, 0.2) is 12.6 Å². The standard InChI is InChI=1S/C35H63NO13/c1-16-14-34(9,43)30(49-32-26(38)23(36(11)12)13-17(2)45-32)19(4)27(48-24-15-33(8,42)29(40)21(6)46-24)20(5)31(41)47-22(7)35(10,44)28(39)18(3)25(16)37/h16-24,26-30,32,38-40,42-44H,13-15H2,1-12H3/t16-,17-,18+,19+,20-,21+,22-,23+,24+,26-,27+,28-,29+,30?,32+,33-,34-,35-/m1/s1. The van der Waals surface area contributed by atoms with Crippen molar-refractivity contribution in [3.8, 4) is 0 Å². The van der Waals surface area contributed by atoms with Gasteiger partial charge in [0.1, 0.15) is 29.7 Å². The molecule has 6 N–H and O–H groups in total. The summed E-state index contributed by atoms with van der Waals surface area (Å²) in [6, 6.07) is -0.337. The first kappa shape index (κ1) is 42.1. The molecule has 49 heavy (non-hydrogen) atoms. The number of hydrogen-bond donors (Lipinski definition) is 6. The van der Waals surface area contributed by atoms with Crippen LogP contribution in [-0.4, -0.2) is 146 Å². The van der Waals surface area contributed by atoms with Gasteiger partial charge in [0.2, 0.25) is 0 Å². The number of hydrogen-bond acceptors (Lipinski definition) is 14. The van der Waals surface area contributed by atoms with Crippen molar-refractivity contribution in [2.24, 2.45) is 23.7 Å². The number of carbonyl (C=O) groups is 2. The number of cyclic esters (lactones) is 1. The van der Waals surface area contributed by atoms with Crippen LogP contribution in [0, 0.1) is 23.7 Å². The molecule has 14 heteroatoms. The van der Waals surface area contributed by atoms with E-state index < -0.39 is 108 Å². The van der Waals surface area contributed by atoms with Crippen molar-refractivity contribution in [3.05, 3.63) is 0 Å². The van der Waals surface area contributed by atoms with Crippen molar-refractivity contribution in [1.82, 2.24) is 4.90 Å². The number of nitrogens with zero attached hydrogens (tertiary/aromatic N) is 1. The van der Waals surface area contributed by atoms with E-state index in [9.17, 15) is 40.2 Å². The van der Waals surface area contributed by atoms with E-state index in [1.165, 1.54) is 34.6 Å². The van der Waals surface area contributed by atoms with Gasteiger partial charge in [-0.15, -0.1) is 0 Å². The van der Waals surface area contributed by atoms with Crippen LogP contribution in [0.5, 0.6) is 0 Å². The number of rotatable bonds is 5. The lowest BCUT2D eigenvalue weighted by atomic mass is 9.74. The average Bonchev–Trinajstić information content (AvgIpc) is 2.99. The Morgan fingerprint density at radius 3 is 1.94 bits per heavy atom. The van der Waals surface area contributed by atoms with Crippen LogP contribution in [-0.2, 0) is 33.3 Å². The molecule has 3 aliphatic rings. The zero-order valence-corrected chi connectivity index (χ0v) is 31.3. The third-order valence-corrected chi connectivity index (χ3v) is 11.2. The van der Waals surface area contributed by atoms with Crippen molar-refractivity contribution in [2.75, 3.05) is 14.1 Å². The van der Waals surface area contributed by atoms with Gasteiger partial charge in [-0.25, -0.2) is 0 Å². The highest BCUT2D eigenvalue weighted by Crippen LogP contribution is 2.40. The molecule has 0 saturated carbocycles. The topological polar surface area (TPSA) is 205 Å². The van der Waals surface area contributed by atoms with Gasteiger partial charge in [0.05, 0.1) is 47.6 Å². The predicted molar refractivity (Wildman–Crippen MR) is 177 cm³/mol. The number of ketones is 1. The Morgan fingerprint density at radius 2 is 1.39 bits per heavy atom. The molecule has 0 aromatic rings. The van der Waals surface area contributed by atoms with E-state index >= 15 is 0 Å². The molecule has 0 radical (unpaired) electrons. The minimum absolute atomic E-state index is 0.154. The summed E-state index contributed by atoms with van der Waals surface area (Å²) >= 11 is 0. The molecule has 0 aliphatic carbocycles. The molecule has 3 heterocycles. The van der Waals surface area contributed by atoms with Crippen molar-refractivity contribution in [1.29, 1.82) is 0 Å². The van der Waals surface area contributed by atoms with E-state index in [-0.39, 0.29) is 25.0 Å². The highest BCUT2D eigenvalue weighted by Gasteiger charge is 2.53. The first-order valence-corrected chi connectivity index (χ1v) is 17.6. The van der Waals surface area contributed by atoms with E-state index in [0.29, 0.717) is 6.42 Å². The lowest BCUT2D eigenvalue weighted by Gasteiger charge is -2.48. The lowest BCUT2D eigenvalue weighted by molar-refractivity contribution is -0.316. The summed E-state index contributed by atoms with van der Waals surface area (Å²) in [5.41, 5.74) is -5.43. The maximum absolute atomic E-state index is 13.8. The maximum Gasteiger partial charge on any atom is 0.311 e. The fraction of sp³-hybridized carbons (Fsp3) is 0.943. The van der Waals surface area contributed by atoms with Crippen LogP contribution in [0.2, 0.25) is 0 Å². The maximum atomic E-state index is 13.8. The van der Waals surface area contributed by atoms with Crippen LogP contribution in [0.25, 0.3) is 0 Å². The van der Waals surface area contributed by atoms with Crippen molar-refractivity contribution in [2.45, 2.75) is 173 Å². The van der Waals surface area contributed by atoms with E-state index in [4.69, 9.17) is 23.7 Å². The number of Topliss-reactive ketones (excluding diaryl/α,β-unsaturated/α-hetero) is 1. The minimum Gasteiger partial charge on any atom is -0.459 e. The molecule has 14 nitrogen and oxygen atoms in total. The molecular weight excluding hydrogens is 642 g/mol. The quantitative estimate of drug-likeness (QED) is 0.219. The Labute approximate surface area is 291 Å². The zero-order valence-electron chi connectivity index (χ0n) is 31.3. The molecule has 3 rings (SSSR count). The molecule has 0 bridgehead atoms. The zero-order chi connectivity index (χ0) is 37.5. The number of likely N-dealkylation sites (N-methyl/N-ethyl adjacent to an activating group) is 1. The fourth-order valence-electron chi connectivity index (χ4n) is 7.81. The Kier molecular flexibility index (Phi) is 13.5. The van der Waals surface area contributed by atoms with Crippen LogP contribution in [0.15, 0.2) is 0 Å². The molecule has 0 amide bonds. The first-order chi connectivity index (χ1) is 22.3. The molecule has 0 spiro atoms. The number of aliphatic hydroxyl groups is 6. The number of carbonyl (C=O) groups excluding carboxylic acids is 2. The van der Waals surface area contributed by atoms with Gasteiger partial charge in [-0.3, -0.25) is 9.59 Å². The van der Waals surface area contributed by atoms with Gasteiger partial charge in [-0.1, -0.05) is 20.8 Å². The molecule has 0 aromatic heterocycles. The second-order valence-corrected chi connectivity index (χ2v) is 16.1. The number of ether oxygens (including phenoxy) is 5. The fourth-order valence-corrected chi connectivity index (χ4v) is 7.81. The van der Waals surface area contributed by atoms with Gasteiger partial charge >= 0.3 is 5.97 Å². The third-order valence-electron chi connectivity index (χ3n) is 11.2. The first-order valence-electron chi connectivity index (χ1n) is 17.6. The summed E-state index contributed by atoms with van der Waals surface area (Å²) in [6.45, 7) is 15.4. The molecule has 18 atom stereocenters. The van der Waals surface area contributed by atoms with Gasteiger partial charge < -0.3 is 59.2 Å². The normalized spacial score (nSPS) is 51.3. The van der Waals surface area contributed by atoms with E-state index in [2.05, 4.69) is 0 Å². The monoisotopic (exact) mass is 705 g/mol. The summed E-state index contributed by atoms with van der Waals surface area (Å²) in [6.07, 6.45) is -10.8. The number of esters is 1. The second-order valence-electron chi connectivity index (χ2n) is 16.1. The average molecular weight is 706 g/mol. The molecule has 1 unspecified atom stereocenters. The van der Waals surface area contributed by atoms with Crippen molar-refractivity contribution >= 4 is 11.8 Å². The highest BCUT2D eigenvalue weighted by molar-refractivity contribution is 5.83. The molecular formula is C35H63NO13. The van der Waals surface area contributed by atoms with Gasteiger partial charge in [0.25, 0.3) is 0 Å². The van der Waals surface area contributed by atoms with Crippen molar-refractivity contribution in [3.63, 3.8) is 0 Å². The second kappa shape index (κ2) is 15.7. The largest absolute Gasteiger partial charge is 0.459 e. The minimum atomic E-state index is -2.02. The molecule has 286 valence electrons. The van der Waals surface area contributed by atoms with E-state index in [0.717, 1.165) is 0 Å². The summed E-state index contributed by atoms with van der Waals surface area (Å²) in [4.78, 5) is 29.4. The smallest absolute Gasteiger partial charge is 0.311 e. The summed E-state index contributed by atoms with van der Waals surface area (Å²) in [5.74, 6) is -5.16. The Bertz CT molecular complexity index is 1130. The Balaban J connectivity index is 2.15. The van der Waals surface area contributed by atoms with Crippen molar-refractivity contribution < 1.29 is 63.9 Å². The molecule has 0 aromatic carbocycles. The van der Waals surface area contributed by atoms with E-state index in [1.807, 2.05) is 25.9 Å². The molecule has 3 fully saturated rings. The number of aliphatic hydroxyl groups excluding tert-OH is 3. The van der Waals surface area contributed by atoms with Gasteiger partial charge in [-0.2, -0.15) is 0 Å². The predicted octanol–water partition coefficient (Wildman–Crippen LogP) is 0.741. The van der Waals surface area contributed by atoms with Crippen LogP contribution < -0.4 is 0 Å². The summed E-state index contributed by atoms with van der Waals surface area (Å²) < 4.78 is 30.7. The SMILES string of the molecule is C[C@@H]1C[C@H](N(C)C)[C@@H](O)[C@H](OC2[C@@H](C)[C@H](O[C@H]3C[C@@](C)(O)[C@@H](O)[C@H](C)O3)[C@@H](C)C(=O)O[C@H](C)[C@@](C)(O)[C@H](O)[C@@H](C)C(=O)[C@H](C)C[C@@]2(C)O)O1. The summed E-state index contributed by atoms with van der Waals surface area (Å²) in [5, 5.41) is 67.7. The molecule has 3 saturated heterocycles. The third kappa shape index (κ3) is 9.20. The Morgan fingerprint density at radius 1 is 0.796 bits per heavy atom. The molecule has 3 aliphatic heterocycles. The lowest BCUT2D eigenvalue weighted by Crippen LogP contribution is -2.61. The van der Waals surface area contributed by atoms with E-state index in [1.54, 1.807) is 27.7 Å². The Hall–Kier alpha value is -1.30. The van der Waals surface area contributed by atoms with Gasteiger partial charge in [-0.05, 0) is 75.4 Å². The van der Waals surface area contributed by atoms with Gasteiger partial charge in [0, 0.05) is 30.2 Å². The van der Waals surface area contributed by atoms with Crippen LogP contribution in [0.1, 0.15) is 88.5 Å².